The maximum atomic E-state index is 10.6. The van der Waals surface area contributed by atoms with Crippen LogP contribution >= 0.6 is 27.5 Å². The van der Waals surface area contributed by atoms with Crippen molar-refractivity contribution >= 4 is 39.6 Å². The van der Waals surface area contributed by atoms with Crippen molar-refractivity contribution < 1.29 is 14.6 Å². The lowest BCUT2D eigenvalue weighted by Gasteiger charge is -2.08. The van der Waals surface area contributed by atoms with Crippen molar-refractivity contribution in [3.05, 3.63) is 69.2 Å². The number of ether oxygens (including phenoxy) is 1. The van der Waals surface area contributed by atoms with Crippen molar-refractivity contribution in [2.45, 2.75) is 6.61 Å². The summed E-state index contributed by atoms with van der Waals surface area (Å²) in [6.45, 7) is 0.393. The first kappa shape index (κ1) is 15.6. The van der Waals surface area contributed by atoms with E-state index in [1.807, 2.05) is 30.3 Å². The van der Waals surface area contributed by atoms with E-state index in [1.54, 1.807) is 12.1 Å². The number of halogens is 2. The number of carboxylic acids is 1. The number of carbonyl (C=O) groups is 1. The van der Waals surface area contributed by atoms with Gasteiger partial charge in [0.05, 0.1) is 0 Å². The highest BCUT2D eigenvalue weighted by Gasteiger charge is 2.02. The molecule has 0 saturated carbocycles. The van der Waals surface area contributed by atoms with E-state index in [2.05, 4.69) is 15.9 Å². The lowest BCUT2D eigenvalue weighted by Crippen LogP contribution is -1.95. The Balaban J connectivity index is 2.10. The molecule has 0 spiro atoms. The van der Waals surface area contributed by atoms with Crippen molar-refractivity contribution in [1.29, 1.82) is 0 Å². The van der Waals surface area contributed by atoms with E-state index in [4.69, 9.17) is 21.4 Å². The molecule has 0 fully saturated rings. The SMILES string of the molecule is O=C(O)/C=C/c1cc(OCc2cccc(Cl)c2)ccc1Br. The lowest BCUT2D eigenvalue weighted by molar-refractivity contribution is -0.131. The largest absolute Gasteiger partial charge is 0.489 e. The fraction of sp³-hybridized carbons (Fsp3) is 0.0625. The molecule has 1 N–H and O–H groups in total. The summed E-state index contributed by atoms with van der Waals surface area (Å²) in [6, 6.07) is 12.8. The Hall–Kier alpha value is -1.78. The number of hydrogen-bond donors (Lipinski definition) is 1. The third-order valence-corrected chi connectivity index (χ3v) is 3.62. The molecule has 2 aromatic rings. The Bertz CT molecular complexity index is 683. The summed E-state index contributed by atoms with van der Waals surface area (Å²) in [6.07, 6.45) is 2.60. The monoisotopic (exact) mass is 366 g/mol. The summed E-state index contributed by atoms with van der Waals surface area (Å²) in [5.74, 6) is -0.338. The molecule has 0 amide bonds. The van der Waals surface area contributed by atoms with E-state index in [-0.39, 0.29) is 0 Å². The predicted molar refractivity (Wildman–Crippen MR) is 86.6 cm³/mol. The quantitative estimate of drug-likeness (QED) is 0.774. The average molecular weight is 368 g/mol. The number of rotatable bonds is 5. The number of hydrogen-bond acceptors (Lipinski definition) is 2. The van der Waals surface area contributed by atoms with Gasteiger partial charge in [-0.15, -0.1) is 0 Å². The number of carboxylic acid groups (broad SMARTS) is 1. The Morgan fingerprint density at radius 1 is 1.29 bits per heavy atom. The Morgan fingerprint density at radius 2 is 2.10 bits per heavy atom. The molecule has 0 saturated heterocycles. The molecule has 0 bridgehead atoms. The van der Waals surface area contributed by atoms with Crippen LogP contribution in [0.1, 0.15) is 11.1 Å². The molecule has 0 aromatic heterocycles. The van der Waals surface area contributed by atoms with E-state index in [0.717, 1.165) is 21.7 Å². The zero-order valence-electron chi connectivity index (χ0n) is 10.9. The van der Waals surface area contributed by atoms with Gasteiger partial charge in [0.25, 0.3) is 0 Å². The highest BCUT2D eigenvalue weighted by atomic mass is 79.9. The third kappa shape index (κ3) is 4.92. The van der Waals surface area contributed by atoms with Gasteiger partial charge in [-0.1, -0.05) is 39.7 Å². The smallest absolute Gasteiger partial charge is 0.328 e. The topological polar surface area (TPSA) is 46.5 Å². The molecule has 108 valence electrons. The molecule has 0 aliphatic heterocycles. The highest BCUT2D eigenvalue weighted by Crippen LogP contribution is 2.24. The summed E-state index contributed by atoms with van der Waals surface area (Å²) in [4.78, 5) is 10.6. The van der Waals surface area contributed by atoms with Crippen LogP contribution in [0.25, 0.3) is 6.08 Å². The van der Waals surface area contributed by atoms with Gasteiger partial charge >= 0.3 is 5.97 Å². The number of benzene rings is 2. The van der Waals surface area contributed by atoms with Crippen LogP contribution in [0.2, 0.25) is 5.02 Å². The molecule has 0 aliphatic rings. The van der Waals surface area contributed by atoms with Gasteiger partial charge < -0.3 is 9.84 Å². The summed E-state index contributed by atoms with van der Waals surface area (Å²) in [5, 5.41) is 9.33. The second-order valence-corrected chi connectivity index (χ2v) is 5.56. The molecular formula is C16H12BrClO3. The van der Waals surface area contributed by atoms with E-state index < -0.39 is 5.97 Å². The minimum Gasteiger partial charge on any atom is -0.489 e. The van der Waals surface area contributed by atoms with Crippen LogP contribution in [0, 0.1) is 0 Å². The minimum atomic E-state index is -0.993. The molecule has 21 heavy (non-hydrogen) atoms. The van der Waals surface area contributed by atoms with Crippen LogP contribution in [0.15, 0.2) is 53.0 Å². The van der Waals surface area contributed by atoms with Gasteiger partial charge in [-0.05, 0) is 47.5 Å². The second-order valence-electron chi connectivity index (χ2n) is 4.27. The molecule has 3 nitrogen and oxygen atoms in total. The molecule has 0 heterocycles. The third-order valence-electron chi connectivity index (χ3n) is 2.67. The standard InChI is InChI=1S/C16H12BrClO3/c17-15-6-5-14(9-12(15)4-7-16(19)20)21-10-11-2-1-3-13(18)8-11/h1-9H,10H2,(H,19,20)/b7-4+. The zero-order valence-corrected chi connectivity index (χ0v) is 13.3. The van der Waals surface area contributed by atoms with E-state index in [1.165, 1.54) is 6.08 Å². The van der Waals surface area contributed by atoms with Crippen molar-refractivity contribution in [3.8, 4) is 5.75 Å². The molecular weight excluding hydrogens is 356 g/mol. The molecule has 2 rings (SSSR count). The van der Waals surface area contributed by atoms with E-state index in [0.29, 0.717) is 17.4 Å². The first-order chi connectivity index (χ1) is 10.0. The van der Waals surface area contributed by atoms with Crippen molar-refractivity contribution in [2.24, 2.45) is 0 Å². The maximum Gasteiger partial charge on any atom is 0.328 e. The number of aliphatic carboxylic acids is 1. The van der Waals surface area contributed by atoms with Gasteiger partial charge in [0.1, 0.15) is 12.4 Å². The zero-order chi connectivity index (χ0) is 15.2. The predicted octanol–water partition coefficient (Wildman–Crippen LogP) is 4.78. The first-order valence-corrected chi connectivity index (χ1v) is 7.29. The minimum absolute atomic E-state index is 0.393. The average Bonchev–Trinajstić information content (AvgIpc) is 2.45. The molecule has 0 aliphatic carbocycles. The normalized spacial score (nSPS) is 10.8. The van der Waals surface area contributed by atoms with Crippen LogP contribution < -0.4 is 4.74 Å². The lowest BCUT2D eigenvalue weighted by atomic mass is 10.2. The second kappa shape index (κ2) is 7.29. The van der Waals surface area contributed by atoms with Crippen LogP contribution in [0.3, 0.4) is 0 Å². The summed E-state index contributed by atoms with van der Waals surface area (Å²) < 4.78 is 6.49. The summed E-state index contributed by atoms with van der Waals surface area (Å²) in [7, 11) is 0. The maximum absolute atomic E-state index is 10.6. The molecule has 0 atom stereocenters. The first-order valence-electron chi connectivity index (χ1n) is 6.12. The van der Waals surface area contributed by atoms with Gasteiger partial charge in [-0.2, -0.15) is 0 Å². The van der Waals surface area contributed by atoms with Crippen molar-refractivity contribution in [1.82, 2.24) is 0 Å². The molecule has 0 radical (unpaired) electrons. The van der Waals surface area contributed by atoms with Crippen molar-refractivity contribution in [3.63, 3.8) is 0 Å². The molecule has 5 heteroatoms. The Morgan fingerprint density at radius 3 is 2.81 bits per heavy atom. The fourth-order valence-electron chi connectivity index (χ4n) is 1.69. The fourth-order valence-corrected chi connectivity index (χ4v) is 2.29. The molecule has 2 aromatic carbocycles. The van der Waals surface area contributed by atoms with Crippen molar-refractivity contribution in [2.75, 3.05) is 0 Å². The van der Waals surface area contributed by atoms with Gasteiger partial charge in [-0.3, -0.25) is 0 Å². The van der Waals surface area contributed by atoms with Crippen LogP contribution in [0.5, 0.6) is 5.75 Å². The summed E-state index contributed by atoms with van der Waals surface area (Å²) in [5.41, 5.74) is 1.70. The van der Waals surface area contributed by atoms with Crippen LogP contribution in [-0.2, 0) is 11.4 Å². The Kier molecular flexibility index (Phi) is 5.42. The molecule has 0 unspecified atom stereocenters. The van der Waals surface area contributed by atoms with Gasteiger partial charge in [-0.25, -0.2) is 4.79 Å². The van der Waals surface area contributed by atoms with Crippen LogP contribution in [0.4, 0.5) is 0 Å². The van der Waals surface area contributed by atoms with E-state index in [9.17, 15) is 4.79 Å². The van der Waals surface area contributed by atoms with E-state index >= 15 is 0 Å². The van der Waals surface area contributed by atoms with Gasteiger partial charge in [0, 0.05) is 15.6 Å². The summed E-state index contributed by atoms with van der Waals surface area (Å²) >= 11 is 9.29. The van der Waals surface area contributed by atoms with Gasteiger partial charge in [0.15, 0.2) is 0 Å². The highest BCUT2D eigenvalue weighted by molar-refractivity contribution is 9.10. The Labute approximate surface area is 135 Å². The van der Waals surface area contributed by atoms with Crippen LogP contribution in [-0.4, -0.2) is 11.1 Å². The van der Waals surface area contributed by atoms with Gasteiger partial charge in [0.2, 0.25) is 0 Å².